The first-order chi connectivity index (χ1) is 16.6. The van der Waals surface area contributed by atoms with Gasteiger partial charge in [0.1, 0.15) is 12.3 Å². The predicted octanol–water partition coefficient (Wildman–Crippen LogP) is -0.830. The molecule has 2 saturated heterocycles. The Kier molecular flexibility index (Phi) is 9.14. The summed E-state index contributed by atoms with van der Waals surface area (Å²) in [5, 5.41) is 20.4. The number of nitrogens with zero attached hydrogens (tertiary/aromatic N) is 2. The molecule has 0 aromatic carbocycles. The fourth-order valence-corrected chi connectivity index (χ4v) is 6.09. The van der Waals surface area contributed by atoms with Crippen molar-refractivity contribution in [2.45, 2.75) is 69.7 Å². The van der Waals surface area contributed by atoms with Crippen molar-refractivity contribution in [2.24, 2.45) is 0 Å². The smallest absolute Gasteiger partial charge is 0.390 e. The molecule has 5 N–H and O–H groups in total. The average molecular weight is 559 g/mol. The zero-order valence-electron chi connectivity index (χ0n) is 20.0. The summed E-state index contributed by atoms with van der Waals surface area (Å²) in [5.41, 5.74) is -1.13. The molecule has 9 atom stereocenters. The molecule has 18 heteroatoms. The van der Waals surface area contributed by atoms with Crippen LogP contribution in [0.1, 0.15) is 31.6 Å². The van der Waals surface area contributed by atoms with Crippen LogP contribution in [0.4, 0.5) is 0 Å². The minimum Gasteiger partial charge on any atom is -0.390 e. The van der Waals surface area contributed by atoms with Crippen molar-refractivity contribution in [3.63, 3.8) is 0 Å². The van der Waals surface area contributed by atoms with Crippen LogP contribution in [0.25, 0.3) is 0 Å². The number of ether oxygens (including phenoxy) is 2. The second kappa shape index (κ2) is 11.2. The van der Waals surface area contributed by atoms with Gasteiger partial charge in [-0.25, -0.2) is 13.9 Å². The summed E-state index contributed by atoms with van der Waals surface area (Å²) in [6, 6.07) is -0.483. The summed E-state index contributed by atoms with van der Waals surface area (Å²) < 4.78 is 50.5. The van der Waals surface area contributed by atoms with Crippen molar-refractivity contribution in [3.05, 3.63) is 32.6 Å². The largest absolute Gasteiger partial charge is 0.483 e. The zero-order chi connectivity index (χ0) is 27.0. The maximum atomic E-state index is 12.4. The highest BCUT2D eigenvalue weighted by molar-refractivity contribution is 7.61. The highest BCUT2D eigenvalue weighted by atomic mass is 31.3. The number of phosphoric acid groups is 2. The van der Waals surface area contributed by atoms with Gasteiger partial charge in [0.05, 0.1) is 24.9 Å². The van der Waals surface area contributed by atoms with Crippen molar-refractivity contribution in [1.29, 1.82) is 0 Å². The summed E-state index contributed by atoms with van der Waals surface area (Å²) in [4.78, 5) is 47.3. The van der Waals surface area contributed by atoms with E-state index in [2.05, 4.69) is 9.29 Å². The normalized spacial score (nSPS) is 34.4. The fourth-order valence-electron chi connectivity index (χ4n) is 3.93. The molecule has 0 saturated carbocycles. The van der Waals surface area contributed by atoms with Gasteiger partial charge in [0.15, 0.2) is 6.29 Å². The Morgan fingerprint density at radius 1 is 1.17 bits per heavy atom. The number of nitrogens with one attached hydrogen (secondary N) is 1. The third-order valence-corrected chi connectivity index (χ3v) is 8.49. The van der Waals surface area contributed by atoms with Gasteiger partial charge in [-0.2, -0.15) is 4.31 Å². The van der Waals surface area contributed by atoms with E-state index in [4.69, 9.17) is 18.5 Å². The number of hydrogen-bond acceptors (Lipinski definition) is 12. The molecule has 1 aromatic heterocycles. The molecule has 1 aromatic rings. The quantitative estimate of drug-likeness (QED) is 0.233. The second-order valence-electron chi connectivity index (χ2n) is 8.86. The number of aliphatic hydroxyl groups excluding tert-OH is 2. The highest BCUT2D eigenvalue weighted by Gasteiger charge is 2.44. The van der Waals surface area contributed by atoms with E-state index in [1.807, 2.05) is 0 Å². The first-order valence-corrected chi connectivity index (χ1v) is 13.9. The van der Waals surface area contributed by atoms with E-state index in [0.717, 1.165) is 4.57 Å². The standard InChI is InChI=1S/C18H31N3O13P2/c1-9-7-21(18(25)19-17(9)24)14-6-12(22)13(32-14)8-30-35(26,27)34-36(28,29)33-15-5-11(20(3)4)16(23)10(2)31-15/h7,10-16,22-23H,5-6,8H2,1-4H3,(H,26,27)(H,28,29)(H,19,24,25)/t10-,11+,12-,13+,14+,15+,16-/m0/s1. The lowest BCUT2D eigenvalue weighted by Crippen LogP contribution is -2.53. The summed E-state index contributed by atoms with van der Waals surface area (Å²) >= 11 is 0. The number of phosphoric ester groups is 2. The molecule has 0 aliphatic carbocycles. The van der Waals surface area contributed by atoms with E-state index in [0.29, 0.717) is 0 Å². The van der Waals surface area contributed by atoms with Gasteiger partial charge in [0.2, 0.25) is 0 Å². The Balaban J connectivity index is 1.57. The SMILES string of the molecule is Cc1cn([C@H]2C[C@H](O)[C@@H](COP(=O)(O)OP(=O)(O)O[C@@H]3C[C@@H](N(C)C)[C@@H](O)[C@H](C)O3)O2)c(=O)[nH]c1=O. The van der Waals surface area contributed by atoms with Crippen molar-refractivity contribution >= 4 is 15.6 Å². The number of H-pyrrole nitrogens is 1. The van der Waals surface area contributed by atoms with Crippen LogP contribution in [-0.4, -0.2) is 91.9 Å². The number of aromatic nitrogens is 2. The monoisotopic (exact) mass is 559 g/mol. The van der Waals surface area contributed by atoms with Gasteiger partial charge in [-0.1, -0.05) is 0 Å². The van der Waals surface area contributed by atoms with Crippen LogP contribution in [0, 0.1) is 6.92 Å². The maximum Gasteiger partial charge on any atom is 0.483 e. The lowest BCUT2D eigenvalue weighted by atomic mass is 9.99. The van der Waals surface area contributed by atoms with Crippen LogP contribution < -0.4 is 11.2 Å². The minimum absolute atomic E-state index is 0.0317. The van der Waals surface area contributed by atoms with Crippen LogP contribution >= 0.6 is 15.6 Å². The maximum absolute atomic E-state index is 12.4. The Hall–Kier alpha value is -1.26. The van der Waals surface area contributed by atoms with Gasteiger partial charge in [-0.3, -0.25) is 23.4 Å². The molecule has 0 radical (unpaired) electrons. The first-order valence-electron chi connectivity index (χ1n) is 10.9. The summed E-state index contributed by atoms with van der Waals surface area (Å²) in [6.45, 7) is 2.26. The second-order valence-corrected chi connectivity index (χ2v) is 11.9. The Bertz CT molecular complexity index is 1140. The number of aromatic amines is 1. The molecule has 3 heterocycles. The molecule has 36 heavy (non-hydrogen) atoms. The van der Waals surface area contributed by atoms with Crippen LogP contribution in [-0.2, 0) is 32.0 Å². The van der Waals surface area contributed by atoms with Crippen molar-refractivity contribution in [1.82, 2.24) is 14.5 Å². The number of likely N-dealkylation sites (N-methyl/N-ethyl adjacent to an activating group) is 1. The number of hydrogen-bond donors (Lipinski definition) is 5. The summed E-state index contributed by atoms with van der Waals surface area (Å²) in [5.74, 6) is 0. The van der Waals surface area contributed by atoms with Crippen LogP contribution in [0.5, 0.6) is 0 Å². The topological polar surface area (TPSA) is 219 Å². The molecule has 206 valence electrons. The first kappa shape index (κ1) is 29.3. The number of aliphatic hydroxyl groups is 2. The molecule has 0 amide bonds. The molecule has 16 nitrogen and oxygen atoms in total. The molecular weight excluding hydrogens is 528 g/mol. The van der Waals surface area contributed by atoms with Gasteiger partial charge in [-0.05, 0) is 27.9 Å². The molecule has 2 aliphatic rings. The van der Waals surface area contributed by atoms with E-state index in [1.165, 1.54) is 20.0 Å². The van der Waals surface area contributed by atoms with Gasteiger partial charge in [0.25, 0.3) is 5.56 Å². The van der Waals surface area contributed by atoms with E-state index in [1.54, 1.807) is 19.0 Å². The van der Waals surface area contributed by atoms with Crippen molar-refractivity contribution in [2.75, 3.05) is 20.7 Å². The van der Waals surface area contributed by atoms with Crippen molar-refractivity contribution in [3.8, 4) is 0 Å². The van der Waals surface area contributed by atoms with Crippen LogP contribution in [0.15, 0.2) is 15.8 Å². The molecule has 2 aliphatic heterocycles. The highest BCUT2D eigenvalue weighted by Crippen LogP contribution is 2.61. The lowest BCUT2D eigenvalue weighted by molar-refractivity contribution is -0.206. The Morgan fingerprint density at radius 3 is 2.47 bits per heavy atom. The van der Waals surface area contributed by atoms with Crippen LogP contribution in [0.2, 0.25) is 0 Å². The van der Waals surface area contributed by atoms with Crippen LogP contribution in [0.3, 0.4) is 0 Å². The molecule has 2 unspecified atom stereocenters. The van der Waals surface area contributed by atoms with E-state index in [-0.39, 0.29) is 18.4 Å². The van der Waals surface area contributed by atoms with Gasteiger partial charge < -0.3 is 34.4 Å². The van der Waals surface area contributed by atoms with E-state index < -0.39 is 76.5 Å². The Labute approximate surface area is 205 Å². The molecular formula is C18H31N3O13P2. The van der Waals surface area contributed by atoms with E-state index >= 15 is 0 Å². The van der Waals surface area contributed by atoms with Gasteiger partial charge >= 0.3 is 21.3 Å². The molecule has 2 fully saturated rings. The Morgan fingerprint density at radius 2 is 1.83 bits per heavy atom. The summed E-state index contributed by atoms with van der Waals surface area (Å²) in [7, 11) is -7.01. The third-order valence-electron chi connectivity index (χ3n) is 5.86. The third kappa shape index (κ3) is 7.19. The van der Waals surface area contributed by atoms with E-state index in [9.17, 15) is 38.7 Å². The van der Waals surface area contributed by atoms with Gasteiger partial charge in [-0.15, -0.1) is 0 Å². The van der Waals surface area contributed by atoms with Gasteiger partial charge in [0, 0.05) is 30.6 Å². The number of rotatable bonds is 9. The zero-order valence-corrected chi connectivity index (χ0v) is 21.8. The fraction of sp³-hybridized carbons (Fsp3) is 0.778. The minimum atomic E-state index is -5.20. The average Bonchev–Trinajstić information content (AvgIpc) is 3.10. The molecule has 0 bridgehead atoms. The predicted molar refractivity (Wildman–Crippen MR) is 121 cm³/mol. The molecule has 0 spiro atoms. The van der Waals surface area contributed by atoms with Crippen molar-refractivity contribution < 1.29 is 52.0 Å². The summed E-state index contributed by atoms with van der Waals surface area (Å²) in [6.07, 6.45) is -5.33. The lowest BCUT2D eigenvalue weighted by Gasteiger charge is -2.40. The number of aryl methyl sites for hydroxylation is 1. The molecule has 3 rings (SSSR count).